The van der Waals surface area contributed by atoms with Crippen molar-refractivity contribution in [2.75, 3.05) is 5.32 Å². The second kappa shape index (κ2) is 11.3. The third-order valence-corrected chi connectivity index (χ3v) is 7.26. The molecule has 34 heavy (non-hydrogen) atoms. The molecule has 2 saturated carbocycles. The molecule has 0 radical (unpaired) electrons. The monoisotopic (exact) mass is 458 g/mol. The SMILES string of the molecule is N#Cc1ccc(C(=O)Nc2ccc(CN(C(=O)C3CCCCC3)C3CCCCC3N)cc2)cc1. The van der Waals surface area contributed by atoms with Crippen molar-refractivity contribution in [1.29, 1.82) is 5.26 Å². The highest BCUT2D eigenvalue weighted by atomic mass is 16.2. The Morgan fingerprint density at radius 1 is 0.912 bits per heavy atom. The number of benzene rings is 2. The second-order valence-corrected chi connectivity index (χ2v) is 9.66. The van der Waals surface area contributed by atoms with Crippen LogP contribution in [-0.4, -0.2) is 28.8 Å². The number of nitrogens with two attached hydrogens (primary N) is 1. The number of carbonyl (C=O) groups excluding carboxylic acids is 2. The summed E-state index contributed by atoms with van der Waals surface area (Å²) < 4.78 is 0. The van der Waals surface area contributed by atoms with Crippen LogP contribution in [0.4, 0.5) is 5.69 Å². The van der Waals surface area contributed by atoms with E-state index in [1.807, 2.05) is 24.3 Å². The molecule has 0 bridgehead atoms. The predicted octanol–water partition coefficient (Wildman–Crippen LogP) is 4.99. The molecule has 4 rings (SSSR count). The largest absolute Gasteiger partial charge is 0.334 e. The average Bonchev–Trinajstić information content (AvgIpc) is 2.89. The third-order valence-electron chi connectivity index (χ3n) is 7.26. The summed E-state index contributed by atoms with van der Waals surface area (Å²) in [6.45, 7) is 0.553. The Morgan fingerprint density at radius 3 is 2.21 bits per heavy atom. The van der Waals surface area contributed by atoms with Crippen molar-refractivity contribution in [2.45, 2.75) is 76.4 Å². The molecule has 0 aliphatic heterocycles. The van der Waals surface area contributed by atoms with Crippen molar-refractivity contribution < 1.29 is 9.59 Å². The zero-order valence-corrected chi connectivity index (χ0v) is 19.7. The minimum absolute atomic E-state index is 0.0345. The third kappa shape index (κ3) is 5.84. The molecule has 2 aromatic carbocycles. The van der Waals surface area contributed by atoms with E-state index in [4.69, 9.17) is 11.0 Å². The van der Waals surface area contributed by atoms with Crippen molar-refractivity contribution in [3.8, 4) is 6.07 Å². The number of rotatable bonds is 6. The second-order valence-electron chi connectivity index (χ2n) is 9.66. The molecule has 2 aliphatic carbocycles. The van der Waals surface area contributed by atoms with Gasteiger partial charge in [-0.3, -0.25) is 9.59 Å². The van der Waals surface area contributed by atoms with E-state index in [1.165, 1.54) is 6.42 Å². The maximum Gasteiger partial charge on any atom is 0.255 e. The van der Waals surface area contributed by atoms with E-state index in [2.05, 4.69) is 16.3 Å². The van der Waals surface area contributed by atoms with Crippen LogP contribution >= 0.6 is 0 Å². The van der Waals surface area contributed by atoms with Gasteiger partial charge in [0.15, 0.2) is 0 Å². The van der Waals surface area contributed by atoms with Crippen molar-refractivity contribution >= 4 is 17.5 Å². The molecule has 2 unspecified atom stereocenters. The summed E-state index contributed by atoms with van der Waals surface area (Å²) in [7, 11) is 0. The minimum Gasteiger partial charge on any atom is -0.334 e. The highest BCUT2D eigenvalue weighted by Crippen LogP contribution is 2.30. The molecule has 2 aromatic rings. The molecule has 0 heterocycles. The zero-order chi connectivity index (χ0) is 23.9. The number of nitrogens with zero attached hydrogens (tertiary/aromatic N) is 2. The number of anilines is 1. The molecule has 6 nitrogen and oxygen atoms in total. The Balaban J connectivity index is 1.45. The first-order valence-electron chi connectivity index (χ1n) is 12.5. The van der Waals surface area contributed by atoms with Gasteiger partial charge in [-0.25, -0.2) is 0 Å². The molecule has 2 amide bonds. The van der Waals surface area contributed by atoms with Crippen LogP contribution in [-0.2, 0) is 11.3 Å². The Kier molecular flexibility index (Phi) is 7.97. The molecular weight excluding hydrogens is 424 g/mol. The van der Waals surface area contributed by atoms with Crippen LogP contribution in [0.25, 0.3) is 0 Å². The average molecular weight is 459 g/mol. The van der Waals surface area contributed by atoms with Crippen LogP contribution in [0.15, 0.2) is 48.5 Å². The van der Waals surface area contributed by atoms with Gasteiger partial charge in [-0.15, -0.1) is 0 Å². The first-order chi connectivity index (χ1) is 16.5. The number of carbonyl (C=O) groups is 2. The lowest BCUT2D eigenvalue weighted by Gasteiger charge is -2.40. The first kappa shape index (κ1) is 24.0. The Morgan fingerprint density at radius 2 is 1.56 bits per heavy atom. The fourth-order valence-corrected chi connectivity index (χ4v) is 5.26. The van der Waals surface area contributed by atoms with Gasteiger partial charge in [0.25, 0.3) is 5.91 Å². The normalized spacial score (nSPS) is 20.8. The van der Waals surface area contributed by atoms with Gasteiger partial charge < -0.3 is 16.0 Å². The molecule has 0 saturated heterocycles. The molecule has 0 aromatic heterocycles. The number of nitrogens with one attached hydrogen (secondary N) is 1. The van der Waals surface area contributed by atoms with Gasteiger partial charge in [0.05, 0.1) is 11.6 Å². The molecule has 2 atom stereocenters. The van der Waals surface area contributed by atoms with Crippen molar-refractivity contribution in [2.24, 2.45) is 11.7 Å². The van der Waals surface area contributed by atoms with Crippen LogP contribution in [0.3, 0.4) is 0 Å². The molecule has 178 valence electrons. The van der Waals surface area contributed by atoms with Crippen LogP contribution in [0.1, 0.15) is 79.3 Å². The maximum absolute atomic E-state index is 13.6. The standard InChI is InChI=1S/C28H34N4O2/c29-18-20-10-14-22(15-11-20)27(33)31-24-16-12-21(13-17-24)19-32(26-9-5-4-8-25(26)30)28(34)23-6-2-1-3-7-23/h10-17,23,25-26H,1-9,19,30H2,(H,31,33). The van der Waals surface area contributed by atoms with E-state index in [9.17, 15) is 9.59 Å². The van der Waals surface area contributed by atoms with Crippen molar-refractivity contribution in [3.63, 3.8) is 0 Å². The van der Waals surface area contributed by atoms with Crippen molar-refractivity contribution in [1.82, 2.24) is 4.90 Å². The number of nitriles is 1. The lowest BCUT2D eigenvalue weighted by atomic mass is 9.85. The maximum atomic E-state index is 13.6. The zero-order valence-electron chi connectivity index (χ0n) is 19.7. The number of amides is 2. The van der Waals surface area contributed by atoms with Crippen LogP contribution in [0, 0.1) is 17.2 Å². The van der Waals surface area contributed by atoms with E-state index in [1.54, 1.807) is 24.3 Å². The quantitative estimate of drug-likeness (QED) is 0.637. The van der Waals surface area contributed by atoms with Gasteiger partial charge in [0.2, 0.25) is 5.91 Å². The minimum atomic E-state index is -0.223. The van der Waals surface area contributed by atoms with Gasteiger partial charge >= 0.3 is 0 Å². The van der Waals surface area contributed by atoms with Gasteiger partial charge in [-0.05, 0) is 67.6 Å². The van der Waals surface area contributed by atoms with Gasteiger partial charge in [0, 0.05) is 35.8 Å². The molecule has 2 fully saturated rings. The Bertz CT molecular complexity index is 1020. The topological polar surface area (TPSA) is 99.2 Å². The summed E-state index contributed by atoms with van der Waals surface area (Å²) in [5, 5.41) is 11.8. The van der Waals surface area contributed by atoms with E-state index in [0.717, 1.165) is 56.9 Å². The summed E-state index contributed by atoms with van der Waals surface area (Å²) in [5.41, 5.74) is 9.24. The Labute approximate surface area is 202 Å². The highest BCUT2D eigenvalue weighted by molar-refractivity contribution is 6.04. The van der Waals surface area contributed by atoms with Crippen LogP contribution < -0.4 is 11.1 Å². The van der Waals surface area contributed by atoms with Gasteiger partial charge in [-0.2, -0.15) is 5.26 Å². The van der Waals surface area contributed by atoms with Gasteiger partial charge in [-0.1, -0.05) is 44.2 Å². The van der Waals surface area contributed by atoms with E-state index in [-0.39, 0.29) is 29.8 Å². The lowest BCUT2D eigenvalue weighted by Crippen LogP contribution is -2.53. The van der Waals surface area contributed by atoms with E-state index in [0.29, 0.717) is 23.4 Å². The number of hydrogen-bond acceptors (Lipinski definition) is 4. The molecular formula is C28H34N4O2. The summed E-state index contributed by atoms with van der Waals surface area (Å²) in [4.78, 5) is 28.1. The first-order valence-corrected chi connectivity index (χ1v) is 12.5. The summed E-state index contributed by atoms with van der Waals surface area (Å²) in [6.07, 6.45) is 9.66. The fraction of sp³-hybridized carbons (Fsp3) is 0.464. The smallest absolute Gasteiger partial charge is 0.255 e. The van der Waals surface area contributed by atoms with E-state index < -0.39 is 0 Å². The fourth-order valence-electron chi connectivity index (χ4n) is 5.26. The van der Waals surface area contributed by atoms with Crippen molar-refractivity contribution in [3.05, 3.63) is 65.2 Å². The molecule has 6 heteroatoms. The van der Waals surface area contributed by atoms with Gasteiger partial charge in [0.1, 0.15) is 0 Å². The molecule has 0 spiro atoms. The lowest BCUT2D eigenvalue weighted by molar-refractivity contribution is -0.141. The van der Waals surface area contributed by atoms with E-state index >= 15 is 0 Å². The van der Waals surface area contributed by atoms with Crippen LogP contribution in [0.5, 0.6) is 0 Å². The summed E-state index contributed by atoms with van der Waals surface area (Å²) >= 11 is 0. The summed E-state index contributed by atoms with van der Waals surface area (Å²) in [5.74, 6) is 0.161. The molecule has 3 N–H and O–H groups in total. The molecule has 2 aliphatic rings. The highest BCUT2D eigenvalue weighted by Gasteiger charge is 2.34. The summed E-state index contributed by atoms with van der Waals surface area (Å²) in [6, 6.07) is 16.4. The number of hydrogen-bond donors (Lipinski definition) is 2. The van der Waals surface area contributed by atoms with Crippen LogP contribution in [0.2, 0.25) is 0 Å². The predicted molar refractivity (Wildman–Crippen MR) is 133 cm³/mol. The Hall–Kier alpha value is -3.17.